The van der Waals surface area contributed by atoms with E-state index in [-0.39, 0.29) is 77.2 Å². The van der Waals surface area contributed by atoms with Crippen LogP contribution in [0.1, 0.15) is 280 Å². The average Bonchev–Trinajstić information content (AvgIpc) is 1.77. The number of sulfonamides is 1. The van der Waals surface area contributed by atoms with Crippen molar-refractivity contribution in [3.8, 4) is 0 Å². The van der Waals surface area contributed by atoms with Gasteiger partial charge in [0, 0.05) is 101 Å². The number of ketones is 5. The number of hydrogen-bond donors (Lipinski definition) is 4. The second-order valence-electron chi connectivity index (χ2n) is 28.2. The first kappa shape index (κ1) is 91.4. The Kier molecular flexibility index (Phi) is 44.7. The molecule has 0 spiro atoms. The molecule has 5 fully saturated rings. The highest BCUT2D eigenvalue weighted by Gasteiger charge is 2.41. The van der Waals surface area contributed by atoms with Crippen LogP contribution < -0.4 is 5.32 Å². The summed E-state index contributed by atoms with van der Waals surface area (Å²) in [5.74, 6) is 0.0508. The summed E-state index contributed by atoms with van der Waals surface area (Å²) < 4.78 is 39.7. The first-order chi connectivity index (χ1) is 45.2. The Hall–Kier alpha value is -5.60. The molecule has 6 heterocycles. The lowest BCUT2D eigenvalue weighted by Crippen LogP contribution is -2.43. The largest absolute Gasteiger partial charge is 0.480 e. The highest BCUT2D eigenvalue weighted by molar-refractivity contribution is 7.89. The van der Waals surface area contributed by atoms with Crippen LogP contribution in [0, 0.1) is 29.6 Å². The zero-order valence-electron chi connectivity index (χ0n) is 62.9. The van der Waals surface area contributed by atoms with E-state index in [1.807, 2.05) is 69.2 Å². The number of rotatable bonds is 24. The summed E-state index contributed by atoms with van der Waals surface area (Å²) in [5.41, 5.74) is 1.62. The Labute approximate surface area is 581 Å². The van der Waals surface area contributed by atoms with Crippen molar-refractivity contribution >= 4 is 62.7 Å². The van der Waals surface area contributed by atoms with Gasteiger partial charge in [-0.3, -0.25) is 38.4 Å². The number of hydrogen-bond acceptors (Lipinski definition) is 19. The fraction of sp³-hybridized carbons (Fsp3) is 0.792. The molecule has 7 rings (SSSR count). The van der Waals surface area contributed by atoms with Crippen LogP contribution >= 0.6 is 0 Å². The maximum atomic E-state index is 12.3. The monoisotopic (exact) mass is 1390 g/mol. The molecule has 1 aliphatic carbocycles. The van der Waals surface area contributed by atoms with E-state index in [2.05, 4.69) is 55.1 Å². The molecule has 0 radical (unpaired) electrons. The zero-order chi connectivity index (χ0) is 74.6. The molecule has 25 heteroatoms. The molecule has 4 aliphatic heterocycles. The summed E-state index contributed by atoms with van der Waals surface area (Å²) in [5, 5.41) is 36.5. The average molecular weight is 1390 g/mol. The Morgan fingerprint density at radius 2 is 1.13 bits per heavy atom. The number of nitrogens with one attached hydrogen (secondary N) is 1. The number of carbonyl (C=O) groups is 9. The van der Waals surface area contributed by atoms with E-state index in [4.69, 9.17) is 29.1 Å². The van der Waals surface area contributed by atoms with Gasteiger partial charge in [0.25, 0.3) is 0 Å². The van der Waals surface area contributed by atoms with Gasteiger partial charge in [0.2, 0.25) is 39.1 Å². The number of nitrogens with zero attached hydrogens (tertiary/aromatic N) is 6. The second kappa shape index (κ2) is 47.4. The first-order valence-electron chi connectivity index (χ1n) is 35.5. The van der Waals surface area contributed by atoms with Crippen LogP contribution in [-0.2, 0) is 48.3 Å². The van der Waals surface area contributed by atoms with Gasteiger partial charge >= 0.3 is 11.9 Å². The van der Waals surface area contributed by atoms with E-state index in [0.29, 0.717) is 86.1 Å². The van der Waals surface area contributed by atoms with Gasteiger partial charge in [0.1, 0.15) is 23.7 Å². The zero-order valence-corrected chi connectivity index (χ0v) is 63.8. The molecule has 2 aromatic heterocycles. The Bertz CT molecular complexity index is 2790. The third-order valence-electron chi connectivity index (χ3n) is 16.9. The molecular formula is C72H127N7O17S. The summed E-state index contributed by atoms with van der Waals surface area (Å²) in [6, 6.07) is 3.06. The molecule has 558 valence electrons. The number of ether oxygens (including phenoxy) is 1. The van der Waals surface area contributed by atoms with Crippen molar-refractivity contribution in [3.63, 3.8) is 0 Å². The molecule has 4 saturated heterocycles. The number of carbonyl (C=O) groups excluding carboxylic acids is 7. The van der Waals surface area contributed by atoms with Crippen LogP contribution in [0.15, 0.2) is 21.2 Å². The maximum absolute atomic E-state index is 12.3. The fourth-order valence-corrected chi connectivity index (χ4v) is 12.5. The van der Waals surface area contributed by atoms with Crippen molar-refractivity contribution in [2.75, 3.05) is 52.5 Å². The number of aliphatic hydroxyl groups is 1. The molecule has 4 N–H and O–H groups in total. The fourth-order valence-electron chi connectivity index (χ4n) is 11.0. The van der Waals surface area contributed by atoms with Gasteiger partial charge in [-0.15, -0.1) is 0 Å². The minimum atomic E-state index is -3.42. The quantitative estimate of drug-likeness (QED) is 0.0560. The van der Waals surface area contributed by atoms with Crippen molar-refractivity contribution < 1.29 is 80.7 Å². The SMILES string of the molecule is CC(=O)C1CCCN1C(=O)C(C)C.CC(=O)C1CCN(C(C)C)C1.CC(=O)[C@H]1CCCC1C(=O)c1cc(C(C)C)no1.CC(=O)c1cc(C(C)C)no1.CC(C)CC(=O)N1CCC[C@@H]1C(=O)O.CC(C)OCCCCO.CC(C)S(=O)(=O)N1CCC[C@@H]1C(=O)O.CCCNC(C)C. The van der Waals surface area contributed by atoms with Crippen molar-refractivity contribution in [2.45, 2.75) is 289 Å². The van der Waals surface area contributed by atoms with Gasteiger partial charge < -0.3 is 49.1 Å². The Morgan fingerprint density at radius 1 is 0.619 bits per heavy atom. The Balaban J connectivity index is 0.00000110. The van der Waals surface area contributed by atoms with Crippen molar-refractivity contribution in [2.24, 2.45) is 29.6 Å². The number of unbranched alkanes of at least 4 members (excludes halogenated alkanes) is 1. The van der Waals surface area contributed by atoms with Crippen molar-refractivity contribution in [1.82, 2.24) is 34.6 Å². The molecule has 1 saturated carbocycles. The summed E-state index contributed by atoms with van der Waals surface area (Å²) in [6.45, 7) is 46.0. The molecule has 0 aromatic carbocycles. The molecule has 2 amide bonds. The van der Waals surface area contributed by atoms with E-state index in [1.165, 1.54) is 18.2 Å². The highest BCUT2D eigenvalue weighted by atomic mass is 32.2. The summed E-state index contributed by atoms with van der Waals surface area (Å²) in [6.07, 6.45) is 11.7. The van der Waals surface area contributed by atoms with Crippen molar-refractivity contribution in [3.05, 3.63) is 35.0 Å². The lowest BCUT2D eigenvalue weighted by atomic mass is 9.88. The standard InChI is InChI=1S/C14H19NO3.C10H17NO3.C10H17NO2.C9H17NO.C8H15NO4S.C8H11NO2.C7H16O2.C6H15N/c1-8(2)12-7-13(18-15-12)14(17)11-6-4-5-10(11)9(3)16;1-7(2)6-9(12)11-5-3-4-8(11)10(13)14;1-7(2)10(13)11-6-4-5-9(11)8(3)12;1-7(2)10-5-4-9(6-10)8(3)11;1-6(2)14(12,13)9-5-3-4-7(9)8(10)11;1-5(2)7-4-8(6(3)10)11-9-7;1-7(2)9-6-4-3-5-8;1-4-5-7-6(2)3/h7-8,10-11H,4-6H2,1-3H3;7-8H,3-6H2,1-2H3,(H,13,14);7,9H,4-6H2,1-3H3;7,9H,4-6H2,1-3H3;6-7H,3-5H2,1-2H3,(H,10,11);4-5H,1-3H3;7-8H,3-6H2,1-2H3;6-7H,4-5H2,1-3H3/t10-,11?;8-;;;7-;;;/m11..1.../s1. The number of aliphatic hydroxyl groups excluding tert-OH is 1. The van der Waals surface area contributed by atoms with Crippen LogP contribution in [-0.4, -0.2) is 200 Å². The number of aromatic nitrogens is 2. The van der Waals surface area contributed by atoms with Gasteiger partial charge in [0.05, 0.1) is 28.8 Å². The molecule has 5 aliphatic rings. The number of likely N-dealkylation sites (tertiary alicyclic amines) is 3. The van der Waals surface area contributed by atoms with Crippen LogP contribution in [0.4, 0.5) is 0 Å². The van der Waals surface area contributed by atoms with E-state index >= 15 is 0 Å². The smallest absolute Gasteiger partial charge is 0.326 e. The van der Waals surface area contributed by atoms with E-state index < -0.39 is 39.3 Å². The molecule has 2 aromatic rings. The molecule has 97 heavy (non-hydrogen) atoms. The summed E-state index contributed by atoms with van der Waals surface area (Å²) in [4.78, 5) is 107. The lowest BCUT2D eigenvalue weighted by Gasteiger charge is -2.24. The van der Waals surface area contributed by atoms with Crippen LogP contribution in [0.3, 0.4) is 0 Å². The number of Topliss-reactive ketones (excluding diaryl/α,β-unsaturated/α-hetero) is 5. The third kappa shape index (κ3) is 34.4. The van der Waals surface area contributed by atoms with Gasteiger partial charge in [-0.1, -0.05) is 92.9 Å². The molecule has 3 unspecified atom stereocenters. The minimum Gasteiger partial charge on any atom is -0.480 e. The summed E-state index contributed by atoms with van der Waals surface area (Å²) in [7, 11) is -3.42. The summed E-state index contributed by atoms with van der Waals surface area (Å²) >= 11 is 0. The van der Waals surface area contributed by atoms with Crippen LogP contribution in [0.5, 0.6) is 0 Å². The van der Waals surface area contributed by atoms with E-state index in [0.717, 1.165) is 106 Å². The number of aliphatic carboxylic acids is 2. The predicted molar refractivity (Wildman–Crippen MR) is 377 cm³/mol. The normalized spacial score (nSPS) is 19.9. The number of carboxylic acids is 2. The lowest BCUT2D eigenvalue weighted by molar-refractivity contribution is -0.148. The van der Waals surface area contributed by atoms with Crippen molar-refractivity contribution in [1.29, 1.82) is 0 Å². The van der Waals surface area contributed by atoms with Gasteiger partial charge in [-0.25, -0.2) is 13.2 Å². The van der Waals surface area contributed by atoms with E-state index in [9.17, 15) is 51.6 Å². The topological polar surface area (TPSA) is 335 Å². The third-order valence-corrected chi connectivity index (χ3v) is 19.2. The van der Waals surface area contributed by atoms with E-state index in [1.54, 1.807) is 51.7 Å². The van der Waals surface area contributed by atoms with Crippen LogP contribution in [0.25, 0.3) is 0 Å². The molecule has 6 atom stereocenters. The van der Waals surface area contributed by atoms with Gasteiger partial charge in [-0.2, -0.15) is 4.31 Å². The van der Waals surface area contributed by atoms with Gasteiger partial charge in [0.15, 0.2) is 11.6 Å². The molecule has 24 nitrogen and oxygen atoms in total. The molecule has 0 bridgehead atoms. The Morgan fingerprint density at radius 3 is 1.53 bits per heavy atom. The number of carboxylic acid groups (broad SMARTS) is 2. The molecular weight excluding hydrogens is 1270 g/mol. The van der Waals surface area contributed by atoms with Gasteiger partial charge in [-0.05, 0) is 170 Å². The second-order valence-corrected chi connectivity index (χ2v) is 30.6. The number of amides is 2. The first-order valence-corrected chi connectivity index (χ1v) is 37.0. The van der Waals surface area contributed by atoms with Crippen LogP contribution in [0.2, 0.25) is 0 Å². The highest BCUT2D eigenvalue weighted by Crippen LogP contribution is 2.35. The maximum Gasteiger partial charge on any atom is 0.326 e. The predicted octanol–water partition coefficient (Wildman–Crippen LogP) is 11.5. The minimum absolute atomic E-state index is 0.0000463.